The first kappa shape index (κ1) is 10.6. The van der Waals surface area contributed by atoms with E-state index in [1.54, 1.807) is 19.3 Å². The molecule has 0 saturated carbocycles. The molecule has 0 saturated heterocycles. The van der Waals surface area contributed by atoms with Crippen LogP contribution >= 0.6 is 0 Å². The maximum Gasteiger partial charge on any atom is 0.347 e. The van der Waals surface area contributed by atoms with Gasteiger partial charge in [-0.3, -0.25) is 4.57 Å². The maximum absolute atomic E-state index is 11.2. The largest absolute Gasteiger partial charge is 0.347 e. The van der Waals surface area contributed by atoms with E-state index in [0.717, 1.165) is 5.56 Å². The van der Waals surface area contributed by atoms with Crippen molar-refractivity contribution in [1.29, 1.82) is 0 Å². The third kappa shape index (κ3) is 3.12. The molecule has 0 radical (unpaired) electrons. The fourth-order valence-corrected chi connectivity index (χ4v) is 1.22. The Balaban J connectivity index is 2.62. The van der Waals surface area contributed by atoms with Gasteiger partial charge in [0, 0.05) is 25.4 Å². The second-order valence-electron chi connectivity index (χ2n) is 3.41. The van der Waals surface area contributed by atoms with Gasteiger partial charge in [0.15, 0.2) is 0 Å². The Bertz CT molecular complexity index is 382. The Kier molecular flexibility index (Phi) is 3.56. The van der Waals surface area contributed by atoms with Crippen LogP contribution in [0, 0.1) is 6.92 Å². The number of hydrogen-bond acceptors (Lipinski definition) is 3. The maximum atomic E-state index is 11.2. The van der Waals surface area contributed by atoms with Crippen molar-refractivity contribution in [3.05, 3.63) is 28.4 Å². The first-order valence-corrected chi connectivity index (χ1v) is 4.62. The molecular formula is C10H14N2O2. The van der Waals surface area contributed by atoms with Crippen LogP contribution in [0.3, 0.4) is 0 Å². The second-order valence-corrected chi connectivity index (χ2v) is 3.41. The highest BCUT2D eigenvalue weighted by molar-refractivity contribution is 5.75. The van der Waals surface area contributed by atoms with E-state index in [2.05, 4.69) is 4.98 Å². The molecule has 4 heteroatoms. The molecule has 0 unspecified atom stereocenters. The molecule has 0 aliphatic carbocycles. The van der Waals surface area contributed by atoms with Gasteiger partial charge in [0.2, 0.25) is 0 Å². The predicted molar refractivity (Wildman–Crippen MR) is 53.1 cm³/mol. The highest BCUT2D eigenvalue weighted by Gasteiger charge is 1.98. The van der Waals surface area contributed by atoms with Crippen LogP contribution < -0.4 is 5.69 Å². The van der Waals surface area contributed by atoms with Crippen molar-refractivity contribution < 1.29 is 4.79 Å². The van der Waals surface area contributed by atoms with E-state index in [0.29, 0.717) is 19.4 Å². The van der Waals surface area contributed by atoms with Crippen LogP contribution in [0.25, 0.3) is 0 Å². The topological polar surface area (TPSA) is 52.0 Å². The molecule has 76 valence electrons. The SMILES string of the molecule is CC(=O)CCCn1cc(C)cnc1=O. The Labute approximate surface area is 82.6 Å². The normalized spacial score (nSPS) is 10.1. The van der Waals surface area contributed by atoms with Crippen molar-refractivity contribution in [3.8, 4) is 0 Å². The molecule has 4 nitrogen and oxygen atoms in total. The van der Waals surface area contributed by atoms with E-state index in [1.807, 2.05) is 6.92 Å². The summed E-state index contributed by atoms with van der Waals surface area (Å²) in [4.78, 5) is 25.6. The van der Waals surface area contributed by atoms with Crippen molar-refractivity contribution in [2.24, 2.45) is 0 Å². The van der Waals surface area contributed by atoms with Crippen LogP contribution in [0.1, 0.15) is 25.3 Å². The van der Waals surface area contributed by atoms with E-state index in [-0.39, 0.29) is 11.5 Å². The molecule has 1 aromatic heterocycles. The zero-order valence-electron chi connectivity index (χ0n) is 8.49. The number of carbonyl (C=O) groups is 1. The first-order valence-electron chi connectivity index (χ1n) is 4.62. The second kappa shape index (κ2) is 4.69. The van der Waals surface area contributed by atoms with Crippen LogP contribution in [-0.2, 0) is 11.3 Å². The molecule has 0 atom stereocenters. The first-order chi connectivity index (χ1) is 6.59. The summed E-state index contributed by atoms with van der Waals surface area (Å²) in [5.74, 6) is 0.152. The lowest BCUT2D eigenvalue weighted by molar-refractivity contribution is -0.117. The summed E-state index contributed by atoms with van der Waals surface area (Å²) in [6.07, 6.45) is 4.51. The van der Waals surface area contributed by atoms with Crippen LogP contribution in [0.15, 0.2) is 17.2 Å². The number of Topliss-reactive ketones (excluding diaryl/α,β-unsaturated/α-hetero) is 1. The summed E-state index contributed by atoms with van der Waals surface area (Å²) in [6, 6.07) is 0. The number of ketones is 1. The van der Waals surface area contributed by atoms with Crippen molar-refractivity contribution >= 4 is 5.78 Å². The monoisotopic (exact) mass is 194 g/mol. The van der Waals surface area contributed by atoms with Crippen LogP contribution in [0.2, 0.25) is 0 Å². The molecule has 1 rings (SSSR count). The van der Waals surface area contributed by atoms with Crippen molar-refractivity contribution in [2.75, 3.05) is 0 Å². The molecule has 0 aliphatic rings. The van der Waals surface area contributed by atoms with Crippen molar-refractivity contribution in [1.82, 2.24) is 9.55 Å². The van der Waals surface area contributed by atoms with Gasteiger partial charge >= 0.3 is 5.69 Å². The van der Waals surface area contributed by atoms with Gasteiger partial charge in [-0.25, -0.2) is 9.78 Å². The van der Waals surface area contributed by atoms with Crippen LogP contribution in [0.5, 0.6) is 0 Å². The molecule has 0 spiro atoms. The fraction of sp³-hybridized carbons (Fsp3) is 0.500. The minimum Gasteiger partial charge on any atom is -0.300 e. The minimum atomic E-state index is -0.251. The number of nitrogens with zero attached hydrogens (tertiary/aromatic N) is 2. The Morgan fingerprint density at radius 2 is 2.29 bits per heavy atom. The summed E-state index contributed by atoms with van der Waals surface area (Å²) in [6.45, 7) is 4.00. The molecule has 0 aromatic carbocycles. The van der Waals surface area contributed by atoms with Gasteiger partial charge in [-0.1, -0.05) is 0 Å². The number of carbonyl (C=O) groups excluding carboxylic acids is 1. The van der Waals surface area contributed by atoms with Gasteiger partial charge in [0.1, 0.15) is 5.78 Å². The molecule has 1 aromatic rings. The average molecular weight is 194 g/mol. The van der Waals surface area contributed by atoms with Gasteiger partial charge in [-0.05, 0) is 25.8 Å². The summed E-state index contributed by atoms with van der Waals surface area (Å²) in [7, 11) is 0. The minimum absolute atomic E-state index is 0.152. The van der Waals surface area contributed by atoms with E-state index >= 15 is 0 Å². The molecular weight excluding hydrogens is 180 g/mol. The van der Waals surface area contributed by atoms with Crippen LogP contribution in [-0.4, -0.2) is 15.3 Å². The molecule has 0 N–H and O–H groups in total. The zero-order valence-corrected chi connectivity index (χ0v) is 8.49. The Morgan fingerprint density at radius 1 is 1.57 bits per heavy atom. The van der Waals surface area contributed by atoms with E-state index in [9.17, 15) is 9.59 Å². The standard InChI is InChI=1S/C10H14N2O2/c1-8-6-11-10(14)12(7-8)5-3-4-9(2)13/h6-7H,3-5H2,1-2H3. The lowest BCUT2D eigenvalue weighted by Gasteiger charge is -2.03. The molecule has 0 fully saturated rings. The summed E-state index contributed by atoms with van der Waals surface area (Å²) in [5, 5.41) is 0. The van der Waals surface area contributed by atoms with E-state index in [4.69, 9.17) is 0 Å². The van der Waals surface area contributed by atoms with Gasteiger partial charge in [0.05, 0.1) is 0 Å². The molecule has 0 amide bonds. The summed E-state index contributed by atoms with van der Waals surface area (Å²) < 4.78 is 1.54. The lowest BCUT2D eigenvalue weighted by atomic mass is 10.2. The number of hydrogen-bond donors (Lipinski definition) is 0. The van der Waals surface area contributed by atoms with Crippen LogP contribution in [0.4, 0.5) is 0 Å². The smallest absolute Gasteiger partial charge is 0.300 e. The van der Waals surface area contributed by atoms with Gasteiger partial charge < -0.3 is 4.79 Å². The summed E-state index contributed by atoms with van der Waals surface area (Å²) in [5.41, 5.74) is 0.701. The zero-order chi connectivity index (χ0) is 10.6. The van der Waals surface area contributed by atoms with Gasteiger partial charge in [0.25, 0.3) is 0 Å². The van der Waals surface area contributed by atoms with Crippen molar-refractivity contribution in [2.45, 2.75) is 33.2 Å². The summed E-state index contributed by atoms with van der Waals surface area (Å²) >= 11 is 0. The third-order valence-corrected chi connectivity index (χ3v) is 1.91. The molecule has 14 heavy (non-hydrogen) atoms. The lowest BCUT2D eigenvalue weighted by Crippen LogP contribution is -2.22. The predicted octanol–water partition coefficient (Wildman–Crippen LogP) is 0.921. The number of aromatic nitrogens is 2. The fourth-order valence-electron chi connectivity index (χ4n) is 1.22. The Morgan fingerprint density at radius 3 is 2.93 bits per heavy atom. The Hall–Kier alpha value is -1.45. The van der Waals surface area contributed by atoms with Gasteiger partial charge in [-0.2, -0.15) is 0 Å². The molecule has 0 aliphatic heterocycles. The highest BCUT2D eigenvalue weighted by Crippen LogP contribution is 1.95. The quantitative estimate of drug-likeness (QED) is 0.716. The van der Waals surface area contributed by atoms with E-state index in [1.165, 1.54) is 4.57 Å². The average Bonchev–Trinajstić information content (AvgIpc) is 2.10. The molecule has 1 heterocycles. The van der Waals surface area contributed by atoms with Crippen molar-refractivity contribution in [3.63, 3.8) is 0 Å². The van der Waals surface area contributed by atoms with E-state index < -0.39 is 0 Å². The molecule has 0 bridgehead atoms. The number of rotatable bonds is 4. The number of aryl methyl sites for hydroxylation is 2. The third-order valence-electron chi connectivity index (χ3n) is 1.91. The van der Waals surface area contributed by atoms with Gasteiger partial charge in [-0.15, -0.1) is 0 Å². The highest BCUT2D eigenvalue weighted by atomic mass is 16.1.